The highest BCUT2D eigenvalue weighted by Crippen LogP contribution is 2.24. The van der Waals surface area contributed by atoms with Crippen molar-refractivity contribution in [3.63, 3.8) is 0 Å². The highest BCUT2D eigenvalue weighted by molar-refractivity contribution is 6.31. The Kier molecular flexibility index (Phi) is 10.3. The van der Waals surface area contributed by atoms with Gasteiger partial charge in [0.25, 0.3) is 5.91 Å². The molecule has 0 unspecified atom stereocenters. The van der Waals surface area contributed by atoms with Gasteiger partial charge in [-0.25, -0.2) is 4.79 Å². The molecule has 0 saturated carbocycles. The fraction of sp³-hybridized carbons (Fsp3) is 0.286. The van der Waals surface area contributed by atoms with Gasteiger partial charge in [-0.3, -0.25) is 9.69 Å². The number of carboxylic acids is 1. The van der Waals surface area contributed by atoms with E-state index >= 15 is 0 Å². The van der Waals surface area contributed by atoms with Crippen molar-refractivity contribution in [1.82, 2.24) is 9.80 Å². The fourth-order valence-corrected chi connectivity index (χ4v) is 4.13. The van der Waals surface area contributed by atoms with Crippen LogP contribution in [0.5, 0.6) is 0 Å². The molecule has 6 nitrogen and oxygen atoms in total. The van der Waals surface area contributed by atoms with E-state index in [1.165, 1.54) is 24.1 Å². The maximum absolute atomic E-state index is 12.4. The smallest absolute Gasteiger partial charge is 0.475 e. The summed E-state index contributed by atoms with van der Waals surface area (Å²) in [6.07, 6.45) is -3.86. The summed E-state index contributed by atoms with van der Waals surface area (Å²) in [6.45, 7) is 5.55. The lowest BCUT2D eigenvalue weighted by Gasteiger charge is -2.20. The van der Waals surface area contributed by atoms with Crippen LogP contribution in [0.4, 0.5) is 18.9 Å². The second-order valence-corrected chi connectivity index (χ2v) is 9.41. The molecular weight excluding hydrogens is 519 g/mol. The van der Waals surface area contributed by atoms with Crippen molar-refractivity contribution in [2.24, 2.45) is 0 Å². The zero-order chi connectivity index (χ0) is 27.7. The molecule has 38 heavy (non-hydrogen) atoms. The quantitative estimate of drug-likeness (QED) is 0.408. The van der Waals surface area contributed by atoms with Crippen LogP contribution in [0.1, 0.15) is 22.3 Å². The van der Waals surface area contributed by atoms with Crippen molar-refractivity contribution >= 4 is 29.2 Å². The summed E-state index contributed by atoms with van der Waals surface area (Å²) < 4.78 is 31.7. The van der Waals surface area contributed by atoms with Crippen molar-refractivity contribution in [3.8, 4) is 11.1 Å². The molecule has 0 aromatic heterocycles. The van der Waals surface area contributed by atoms with Gasteiger partial charge in [0.15, 0.2) is 0 Å². The SMILES string of the molecule is CN1CCCN(Cc2cccc(-c3ccc(NC(=O)c4cccc(Cl)c4)cc3)c2)CC1.O=C(O)C(F)(F)F. The van der Waals surface area contributed by atoms with E-state index in [9.17, 15) is 18.0 Å². The monoisotopic (exact) mass is 547 g/mol. The molecule has 202 valence electrons. The topological polar surface area (TPSA) is 72.9 Å². The molecule has 2 N–H and O–H groups in total. The first-order valence-corrected chi connectivity index (χ1v) is 12.4. The standard InChI is InChI=1S/C26H28ClN3O.C2HF3O2/c1-29-13-4-14-30(16-15-29)19-20-5-2-6-22(17-20)21-9-11-25(12-10-21)28-26(31)23-7-3-8-24(27)18-23;3-2(4,5)1(6)7/h2-3,5-12,17-18H,4,13-16,19H2,1H3,(H,28,31);(H,6,7). The molecule has 1 aliphatic heterocycles. The Bertz CT molecular complexity index is 1240. The van der Waals surface area contributed by atoms with Gasteiger partial charge in [-0.1, -0.05) is 48.0 Å². The number of nitrogens with one attached hydrogen (secondary N) is 1. The largest absolute Gasteiger partial charge is 0.490 e. The molecule has 10 heteroatoms. The summed E-state index contributed by atoms with van der Waals surface area (Å²) in [4.78, 5) is 26.3. The first kappa shape index (κ1) is 29.2. The predicted molar refractivity (Wildman–Crippen MR) is 142 cm³/mol. The number of anilines is 1. The predicted octanol–water partition coefficient (Wildman–Crippen LogP) is 6.03. The number of carbonyl (C=O) groups excluding carboxylic acids is 1. The average molecular weight is 548 g/mol. The summed E-state index contributed by atoms with van der Waals surface area (Å²) in [5, 5.41) is 10.6. The Hall–Kier alpha value is -3.40. The Morgan fingerprint density at radius 3 is 2.26 bits per heavy atom. The lowest BCUT2D eigenvalue weighted by molar-refractivity contribution is -0.192. The first-order valence-electron chi connectivity index (χ1n) is 12.0. The molecule has 0 atom stereocenters. The van der Waals surface area contributed by atoms with Gasteiger partial charge < -0.3 is 15.3 Å². The molecule has 0 bridgehead atoms. The van der Waals surface area contributed by atoms with Crippen LogP contribution in [0.25, 0.3) is 11.1 Å². The molecular formula is C28H29ClF3N3O3. The Morgan fingerprint density at radius 2 is 1.61 bits per heavy atom. The van der Waals surface area contributed by atoms with E-state index in [0.717, 1.165) is 37.4 Å². The van der Waals surface area contributed by atoms with Gasteiger partial charge in [0.1, 0.15) is 0 Å². The molecule has 3 aromatic carbocycles. The van der Waals surface area contributed by atoms with Crippen LogP contribution in [0.15, 0.2) is 72.8 Å². The van der Waals surface area contributed by atoms with Gasteiger partial charge in [0.2, 0.25) is 0 Å². The van der Waals surface area contributed by atoms with E-state index in [4.69, 9.17) is 21.5 Å². The molecule has 1 heterocycles. The first-order chi connectivity index (χ1) is 18.0. The maximum atomic E-state index is 12.4. The number of carbonyl (C=O) groups is 2. The lowest BCUT2D eigenvalue weighted by atomic mass is 10.0. The van der Waals surface area contributed by atoms with Gasteiger partial charge in [-0.2, -0.15) is 13.2 Å². The molecule has 0 spiro atoms. The highest BCUT2D eigenvalue weighted by Gasteiger charge is 2.38. The molecule has 1 saturated heterocycles. The van der Waals surface area contributed by atoms with Crippen molar-refractivity contribution in [3.05, 3.63) is 88.9 Å². The van der Waals surface area contributed by atoms with E-state index in [0.29, 0.717) is 10.6 Å². The van der Waals surface area contributed by atoms with Crippen LogP contribution in [0, 0.1) is 0 Å². The fourth-order valence-electron chi connectivity index (χ4n) is 3.94. The third-order valence-corrected chi connectivity index (χ3v) is 6.19. The number of amides is 1. The molecule has 1 aliphatic rings. The van der Waals surface area contributed by atoms with E-state index in [-0.39, 0.29) is 5.91 Å². The number of benzene rings is 3. The third-order valence-electron chi connectivity index (χ3n) is 5.95. The number of rotatable bonds is 5. The van der Waals surface area contributed by atoms with Crippen LogP contribution in [-0.4, -0.2) is 66.2 Å². The zero-order valence-corrected chi connectivity index (χ0v) is 21.6. The summed E-state index contributed by atoms with van der Waals surface area (Å²) in [7, 11) is 2.20. The van der Waals surface area contributed by atoms with Gasteiger partial charge in [0, 0.05) is 35.9 Å². The molecule has 0 aliphatic carbocycles. The zero-order valence-electron chi connectivity index (χ0n) is 20.8. The van der Waals surface area contributed by atoms with Crippen molar-refractivity contribution in [2.45, 2.75) is 19.1 Å². The van der Waals surface area contributed by atoms with E-state index in [1.54, 1.807) is 24.3 Å². The van der Waals surface area contributed by atoms with Gasteiger partial charge >= 0.3 is 12.1 Å². The number of aliphatic carboxylic acids is 1. The number of halogens is 4. The van der Waals surface area contributed by atoms with E-state index < -0.39 is 12.1 Å². The Balaban J connectivity index is 0.000000505. The van der Waals surface area contributed by atoms with Crippen LogP contribution in [0.3, 0.4) is 0 Å². The average Bonchev–Trinajstić information content (AvgIpc) is 3.08. The van der Waals surface area contributed by atoms with E-state index in [2.05, 4.69) is 46.4 Å². The van der Waals surface area contributed by atoms with Crippen LogP contribution in [-0.2, 0) is 11.3 Å². The minimum atomic E-state index is -5.08. The molecule has 0 radical (unpaired) electrons. The number of likely N-dealkylation sites (N-methyl/N-ethyl adjacent to an activating group) is 1. The number of alkyl halides is 3. The van der Waals surface area contributed by atoms with E-state index in [1.807, 2.05) is 24.3 Å². The summed E-state index contributed by atoms with van der Waals surface area (Å²) in [5.41, 5.74) is 4.97. The molecule has 3 aromatic rings. The van der Waals surface area contributed by atoms with Crippen molar-refractivity contribution in [1.29, 1.82) is 0 Å². The second-order valence-electron chi connectivity index (χ2n) is 8.98. The molecule has 4 rings (SSSR count). The maximum Gasteiger partial charge on any atom is 0.490 e. The van der Waals surface area contributed by atoms with Gasteiger partial charge in [0.05, 0.1) is 0 Å². The number of carboxylic acid groups (broad SMARTS) is 1. The number of hydrogen-bond acceptors (Lipinski definition) is 4. The highest BCUT2D eigenvalue weighted by atomic mass is 35.5. The summed E-state index contributed by atoms with van der Waals surface area (Å²) in [6, 6.07) is 23.7. The third kappa shape index (κ3) is 9.16. The van der Waals surface area contributed by atoms with Crippen LogP contribution in [0.2, 0.25) is 5.02 Å². The van der Waals surface area contributed by atoms with Crippen LogP contribution < -0.4 is 5.32 Å². The Labute approximate surface area is 224 Å². The number of nitrogens with zero attached hydrogens (tertiary/aromatic N) is 2. The normalized spacial score (nSPS) is 14.7. The number of hydrogen-bond donors (Lipinski definition) is 2. The Morgan fingerprint density at radius 1 is 0.921 bits per heavy atom. The summed E-state index contributed by atoms with van der Waals surface area (Å²) >= 11 is 5.98. The summed E-state index contributed by atoms with van der Waals surface area (Å²) in [5.74, 6) is -2.92. The minimum absolute atomic E-state index is 0.166. The lowest BCUT2D eigenvalue weighted by Crippen LogP contribution is -2.28. The van der Waals surface area contributed by atoms with Gasteiger partial charge in [-0.05, 0) is 79.6 Å². The minimum Gasteiger partial charge on any atom is -0.475 e. The molecule has 1 amide bonds. The van der Waals surface area contributed by atoms with Crippen LogP contribution >= 0.6 is 11.6 Å². The van der Waals surface area contributed by atoms with Gasteiger partial charge in [-0.15, -0.1) is 0 Å². The van der Waals surface area contributed by atoms with Crippen molar-refractivity contribution in [2.75, 3.05) is 38.5 Å². The second kappa shape index (κ2) is 13.4. The van der Waals surface area contributed by atoms with Crippen molar-refractivity contribution < 1.29 is 27.9 Å². The molecule has 1 fully saturated rings.